The molecule has 110 valence electrons. The van der Waals surface area contributed by atoms with Gasteiger partial charge in [-0.15, -0.1) is 0 Å². The fraction of sp³-hybridized carbons (Fsp3) is 0.286. The van der Waals surface area contributed by atoms with Crippen LogP contribution in [0.5, 0.6) is 0 Å². The number of hydrogen-bond acceptors (Lipinski definition) is 4. The minimum Gasteiger partial charge on any atom is -0.430 e. The standard InChI is InChI=1S/C14H13Cl2N3OS/c1-9-17-3-5-19(9)4-2-6-21-14-18-12-8-10(15)7-11(16)13(12)20-14/h3,5,7-8H,2,4,6H2,1H3. The molecular weight excluding hydrogens is 329 g/mol. The van der Waals surface area contributed by atoms with Gasteiger partial charge >= 0.3 is 0 Å². The summed E-state index contributed by atoms with van der Waals surface area (Å²) in [7, 11) is 0. The van der Waals surface area contributed by atoms with E-state index in [0.29, 0.717) is 26.4 Å². The summed E-state index contributed by atoms with van der Waals surface area (Å²) in [6.45, 7) is 2.94. The molecule has 0 radical (unpaired) electrons. The molecule has 0 aliphatic heterocycles. The van der Waals surface area contributed by atoms with Gasteiger partial charge in [0.2, 0.25) is 0 Å². The van der Waals surface area contributed by atoms with Crippen molar-refractivity contribution < 1.29 is 4.42 Å². The molecule has 21 heavy (non-hydrogen) atoms. The van der Waals surface area contributed by atoms with Gasteiger partial charge in [0.1, 0.15) is 11.3 Å². The lowest BCUT2D eigenvalue weighted by atomic mass is 10.3. The summed E-state index contributed by atoms with van der Waals surface area (Å²) in [4.78, 5) is 8.59. The second-order valence-corrected chi connectivity index (χ2v) is 6.48. The summed E-state index contributed by atoms with van der Waals surface area (Å²) in [5.74, 6) is 1.94. The minimum atomic E-state index is 0.492. The van der Waals surface area contributed by atoms with E-state index in [9.17, 15) is 0 Å². The fourth-order valence-electron chi connectivity index (χ4n) is 2.04. The first-order valence-electron chi connectivity index (χ1n) is 6.49. The van der Waals surface area contributed by atoms with Gasteiger partial charge in [0, 0.05) is 29.7 Å². The average molecular weight is 342 g/mol. The number of oxazole rings is 1. The van der Waals surface area contributed by atoms with Gasteiger partial charge in [-0.1, -0.05) is 35.0 Å². The number of rotatable bonds is 5. The Morgan fingerprint density at radius 2 is 2.19 bits per heavy atom. The highest BCUT2D eigenvalue weighted by molar-refractivity contribution is 7.99. The summed E-state index contributed by atoms with van der Waals surface area (Å²) in [5, 5.41) is 1.68. The average Bonchev–Trinajstić information content (AvgIpc) is 3.01. The lowest BCUT2D eigenvalue weighted by Crippen LogP contribution is -2.00. The number of halogens is 2. The van der Waals surface area contributed by atoms with E-state index in [0.717, 1.165) is 24.5 Å². The van der Waals surface area contributed by atoms with E-state index >= 15 is 0 Å². The molecule has 0 amide bonds. The van der Waals surface area contributed by atoms with E-state index in [4.69, 9.17) is 27.6 Å². The van der Waals surface area contributed by atoms with Crippen molar-refractivity contribution in [2.45, 2.75) is 25.1 Å². The number of thioether (sulfide) groups is 1. The van der Waals surface area contributed by atoms with Crippen molar-refractivity contribution >= 4 is 46.1 Å². The van der Waals surface area contributed by atoms with E-state index in [2.05, 4.69) is 14.5 Å². The molecule has 0 N–H and O–H groups in total. The molecule has 2 aromatic heterocycles. The Balaban J connectivity index is 1.61. The van der Waals surface area contributed by atoms with Gasteiger partial charge in [0.05, 0.1) is 5.02 Å². The predicted octanol–water partition coefficient (Wildman–Crippen LogP) is 4.82. The molecule has 0 unspecified atom stereocenters. The second kappa shape index (κ2) is 6.30. The molecule has 0 spiro atoms. The van der Waals surface area contributed by atoms with E-state index in [1.807, 2.05) is 19.3 Å². The number of aromatic nitrogens is 3. The molecule has 0 saturated carbocycles. The third-order valence-corrected chi connectivity index (χ3v) is 4.50. The topological polar surface area (TPSA) is 43.9 Å². The largest absolute Gasteiger partial charge is 0.430 e. The Kier molecular flexibility index (Phi) is 4.42. The summed E-state index contributed by atoms with van der Waals surface area (Å²) in [6.07, 6.45) is 4.81. The zero-order chi connectivity index (χ0) is 14.8. The molecule has 2 heterocycles. The van der Waals surface area contributed by atoms with Crippen molar-refractivity contribution in [2.24, 2.45) is 0 Å². The molecular formula is C14H13Cl2N3OS. The first-order valence-corrected chi connectivity index (χ1v) is 8.24. The molecule has 4 nitrogen and oxygen atoms in total. The SMILES string of the molecule is Cc1nccn1CCCSc1nc2cc(Cl)cc(Cl)c2o1. The van der Waals surface area contributed by atoms with Crippen molar-refractivity contribution in [1.29, 1.82) is 0 Å². The van der Waals surface area contributed by atoms with Crippen LogP contribution in [0.3, 0.4) is 0 Å². The van der Waals surface area contributed by atoms with Crippen LogP contribution >= 0.6 is 35.0 Å². The molecule has 0 atom stereocenters. The third kappa shape index (κ3) is 3.36. The monoisotopic (exact) mass is 341 g/mol. The van der Waals surface area contributed by atoms with Crippen LogP contribution in [0.15, 0.2) is 34.2 Å². The van der Waals surface area contributed by atoms with Crippen molar-refractivity contribution in [3.63, 3.8) is 0 Å². The molecule has 3 aromatic rings. The van der Waals surface area contributed by atoms with Crippen LogP contribution in [0, 0.1) is 6.92 Å². The van der Waals surface area contributed by atoms with Gasteiger partial charge < -0.3 is 8.98 Å². The van der Waals surface area contributed by atoms with Gasteiger partial charge in [0.15, 0.2) is 5.58 Å². The van der Waals surface area contributed by atoms with Crippen LogP contribution in [0.2, 0.25) is 10.0 Å². The zero-order valence-corrected chi connectivity index (χ0v) is 13.7. The maximum Gasteiger partial charge on any atom is 0.256 e. The molecule has 0 fully saturated rings. The van der Waals surface area contributed by atoms with Crippen molar-refractivity contribution in [1.82, 2.24) is 14.5 Å². The Morgan fingerprint density at radius 3 is 2.95 bits per heavy atom. The van der Waals surface area contributed by atoms with Crippen molar-refractivity contribution in [2.75, 3.05) is 5.75 Å². The van der Waals surface area contributed by atoms with Crippen molar-refractivity contribution in [3.05, 3.63) is 40.4 Å². The molecule has 0 aliphatic carbocycles. The maximum atomic E-state index is 6.08. The van der Waals surface area contributed by atoms with Gasteiger partial charge in [-0.3, -0.25) is 0 Å². The summed E-state index contributed by atoms with van der Waals surface area (Å²) in [5.41, 5.74) is 1.29. The fourth-order valence-corrected chi connectivity index (χ4v) is 3.31. The molecule has 3 rings (SSSR count). The highest BCUT2D eigenvalue weighted by Gasteiger charge is 2.10. The Morgan fingerprint density at radius 1 is 1.33 bits per heavy atom. The van der Waals surface area contributed by atoms with Crippen molar-refractivity contribution in [3.8, 4) is 0 Å². The smallest absolute Gasteiger partial charge is 0.256 e. The Hall–Kier alpha value is -1.17. The number of nitrogens with zero attached hydrogens (tertiary/aromatic N) is 3. The Labute approximate surface area is 136 Å². The maximum absolute atomic E-state index is 6.08. The third-order valence-electron chi connectivity index (χ3n) is 3.08. The van der Waals surface area contributed by atoms with E-state index < -0.39 is 0 Å². The first-order chi connectivity index (χ1) is 10.1. The van der Waals surface area contributed by atoms with Crippen LogP contribution in [-0.4, -0.2) is 20.3 Å². The number of imidazole rings is 1. The second-order valence-electron chi connectivity index (χ2n) is 4.59. The Bertz CT molecular complexity index is 769. The van der Waals surface area contributed by atoms with Crippen LogP contribution in [0.4, 0.5) is 0 Å². The van der Waals surface area contributed by atoms with Crippen LogP contribution in [0.25, 0.3) is 11.1 Å². The highest BCUT2D eigenvalue weighted by atomic mass is 35.5. The van der Waals surface area contributed by atoms with Gasteiger partial charge in [0.25, 0.3) is 5.22 Å². The lowest BCUT2D eigenvalue weighted by Gasteiger charge is -2.03. The first kappa shape index (κ1) is 14.8. The van der Waals surface area contributed by atoms with E-state index in [-0.39, 0.29) is 0 Å². The molecule has 0 saturated heterocycles. The van der Waals surface area contributed by atoms with Gasteiger partial charge in [-0.05, 0) is 25.5 Å². The molecule has 0 aliphatic rings. The lowest BCUT2D eigenvalue weighted by molar-refractivity contribution is 0.489. The number of hydrogen-bond donors (Lipinski definition) is 0. The van der Waals surface area contributed by atoms with E-state index in [1.54, 1.807) is 23.9 Å². The number of benzene rings is 1. The molecule has 0 bridgehead atoms. The quantitative estimate of drug-likeness (QED) is 0.492. The van der Waals surface area contributed by atoms with Gasteiger partial charge in [-0.25, -0.2) is 9.97 Å². The molecule has 1 aromatic carbocycles. The summed E-state index contributed by atoms with van der Waals surface area (Å²) >= 11 is 13.6. The van der Waals surface area contributed by atoms with Crippen LogP contribution < -0.4 is 0 Å². The van der Waals surface area contributed by atoms with Crippen LogP contribution in [-0.2, 0) is 6.54 Å². The number of aryl methyl sites for hydroxylation is 2. The van der Waals surface area contributed by atoms with Crippen LogP contribution in [0.1, 0.15) is 12.2 Å². The summed E-state index contributed by atoms with van der Waals surface area (Å²) in [6, 6.07) is 3.41. The number of fused-ring (bicyclic) bond motifs is 1. The normalized spacial score (nSPS) is 11.4. The van der Waals surface area contributed by atoms with E-state index in [1.165, 1.54) is 0 Å². The molecule has 7 heteroatoms. The van der Waals surface area contributed by atoms with Gasteiger partial charge in [-0.2, -0.15) is 0 Å². The summed E-state index contributed by atoms with van der Waals surface area (Å²) < 4.78 is 7.79. The predicted molar refractivity (Wildman–Crippen MR) is 86.3 cm³/mol. The zero-order valence-electron chi connectivity index (χ0n) is 11.3. The minimum absolute atomic E-state index is 0.492. The highest BCUT2D eigenvalue weighted by Crippen LogP contribution is 2.31.